The molecule has 2 aliphatic rings. The van der Waals surface area contributed by atoms with Crippen LogP contribution in [0.15, 0.2) is 18.2 Å². The zero-order valence-corrected chi connectivity index (χ0v) is 12.9. The first kappa shape index (κ1) is 14.4. The first-order valence-electron chi connectivity index (χ1n) is 7.19. The van der Waals surface area contributed by atoms with Gasteiger partial charge in [0.2, 0.25) is 0 Å². The van der Waals surface area contributed by atoms with Crippen LogP contribution in [0.5, 0.6) is 0 Å². The molecule has 1 amide bonds. The lowest BCUT2D eigenvalue weighted by Crippen LogP contribution is -2.35. The molecular formula is C16H18ClNO3. The molecule has 0 spiro atoms. The maximum atomic E-state index is 12.4. The highest BCUT2D eigenvalue weighted by molar-refractivity contribution is 6.34. The summed E-state index contributed by atoms with van der Waals surface area (Å²) in [5.41, 5.74) is 1.36. The minimum Gasteiger partial charge on any atom is -0.450 e. The highest BCUT2D eigenvalue weighted by Gasteiger charge is 2.51. The summed E-state index contributed by atoms with van der Waals surface area (Å²) in [4.78, 5) is 26.1. The SMILES string of the molecule is CCOC(=O)N1CC2c3cccc(Cl)c3C(=O)CC2(C)C1. The summed E-state index contributed by atoms with van der Waals surface area (Å²) in [6.45, 7) is 5.35. The van der Waals surface area contributed by atoms with Crippen LogP contribution in [0.25, 0.3) is 0 Å². The lowest BCUT2D eigenvalue weighted by atomic mass is 9.66. The number of amides is 1. The molecule has 1 aromatic rings. The van der Waals surface area contributed by atoms with E-state index in [1.165, 1.54) is 0 Å². The normalized spacial score (nSPS) is 27.3. The number of nitrogens with zero attached hydrogens (tertiary/aromatic N) is 1. The van der Waals surface area contributed by atoms with Gasteiger partial charge in [0.25, 0.3) is 0 Å². The molecule has 0 saturated carbocycles. The zero-order valence-electron chi connectivity index (χ0n) is 12.2. The van der Waals surface area contributed by atoms with Gasteiger partial charge in [0, 0.05) is 36.4 Å². The number of rotatable bonds is 1. The number of carbonyl (C=O) groups is 2. The van der Waals surface area contributed by atoms with E-state index in [4.69, 9.17) is 16.3 Å². The summed E-state index contributed by atoms with van der Waals surface area (Å²) in [7, 11) is 0. The average Bonchev–Trinajstić information content (AvgIpc) is 2.76. The predicted octanol–water partition coefficient (Wildman–Crippen LogP) is 3.49. The number of ether oxygens (including phenoxy) is 1. The number of fused-ring (bicyclic) bond motifs is 3. The lowest BCUT2D eigenvalue weighted by Gasteiger charge is -2.35. The van der Waals surface area contributed by atoms with Crippen molar-refractivity contribution in [3.05, 3.63) is 34.3 Å². The summed E-state index contributed by atoms with van der Waals surface area (Å²) in [5.74, 6) is 0.202. The highest BCUT2D eigenvalue weighted by atomic mass is 35.5. The molecule has 1 aliphatic carbocycles. The van der Waals surface area contributed by atoms with Gasteiger partial charge in [-0.15, -0.1) is 0 Å². The van der Waals surface area contributed by atoms with Gasteiger partial charge in [0.05, 0.1) is 11.6 Å². The van der Waals surface area contributed by atoms with Gasteiger partial charge in [-0.05, 0) is 18.6 Å². The van der Waals surface area contributed by atoms with Gasteiger partial charge in [0.1, 0.15) is 0 Å². The Morgan fingerprint density at radius 1 is 1.52 bits per heavy atom. The summed E-state index contributed by atoms with van der Waals surface area (Å²) in [6.07, 6.45) is 0.119. The molecule has 1 fully saturated rings. The van der Waals surface area contributed by atoms with Gasteiger partial charge >= 0.3 is 6.09 Å². The predicted molar refractivity (Wildman–Crippen MR) is 79.8 cm³/mol. The minimum absolute atomic E-state index is 0.0695. The van der Waals surface area contributed by atoms with E-state index < -0.39 is 0 Å². The summed E-state index contributed by atoms with van der Waals surface area (Å²) < 4.78 is 5.09. The Morgan fingerprint density at radius 3 is 3.00 bits per heavy atom. The molecule has 3 rings (SSSR count). The molecule has 1 aromatic carbocycles. The van der Waals surface area contributed by atoms with Crippen LogP contribution >= 0.6 is 11.6 Å². The minimum atomic E-state index is -0.302. The Bertz CT molecular complexity index is 616. The van der Waals surface area contributed by atoms with Crippen molar-refractivity contribution in [1.29, 1.82) is 0 Å². The molecule has 0 N–H and O–H groups in total. The molecule has 1 saturated heterocycles. The van der Waals surface area contributed by atoms with Crippen LogP contribution in [0.2, 0.25) is 5.02 Å². The van der Waals surface area contributed by atoms with Crippen molar-refractivity contribution in [3.8, 4) is 0 Å². The molecule has 1 aliphatic heterocycles. The fraction of sp³-hybridized carbons (Fsp3) is 0.500. The van der Waals surface area contributed by atoms with Crippen molar-refractivity contribution < 1.29 is 14.3 Å². The summed E-state index contributed by atoms with van der Waals surface area (Å²) in [6, 6.07) is 5.57. The van der Waals surface area contributed by atoms with Crippen LogP contribution in [0.3, 0.4) is 0 Å². The second-order valence-electron chi connectivity index (χ2n) is 6.09. The first-order valence-corrected chi connectivity index (χ1v) is 7.57. The van der Waals surface area contributed by atoms with Crippen LogP contribution in [0.1, 0.15) is 42.1 Å². The Hall–Kier alpha value is -1.55. The second-order valence-corrected chi connectivity index (χ2v) is 6.50. The average molecular weight is 308 g/mol. The van der Waals surface area contributed by atoms with E-state index in [9.17, 15) is 9.59 Å². The van der Waals surface area contributed by atoms with Gasteiger partial charge in [-0.3, -0.25) is 4.79 Å². The largest absolute Gasteiger partial charge is 0.450 e. The van der Waals surface area contributed by atoms with E-state index in [0.717, 1.165) is 5.56 Å². The van der Waals surface area contributed by atoms with E-state index in [-0.39, 0.29) is 23.2 Å². The van der Waals surface area contributed by atoms with E-state index in [1.807, 2.05) is 12.1 Å². The molecule has 112 valence electrons. The second kappa shape index (κ2) is 5.02. The van der Waals surface area contributed by atoms with Crippen molar-refractivity contribution >= 4 is 23.5 Å². The lowest BCUT2D eigenvalue weighted by molar-refractivity contribution is 0.0877. The van der Waals surface area contributed by atoms with Gasteiger partial charge < -0.3 is 9.64 Å². The number of hydrogen-bond acceptors (Lipinski definition) is 3. The number of carbonyl (C=O) groups excluding carboxylic acids is 2. The van der Waals surface area contributed by atoms with E-state index in [1.54, 1.807) is 17.9 Å². The number of benzene rings is 1. The van der Waals surface area contributed by atoms with Crippen LogP contribution < -0.4 is 0 Å². The Balaban J connectivity index is 1.99. The quantitative estimate of drug-likeness (QED) is 0.798. The molecule has 2 atom stereocenters. The summed E-state index contributed by atoms with van der Waals surface area (Å²) in [5, 5.41) is 0.508. The van der Waals surface area contributed by atoms with Crippen molar-refractivity contribution in [1.82, 2.24) is 4.90 Å². The zero-order chi connectivity index (χ0) is 15.2. The fourth-order valence-electron chi connectivity index (χ4n) is 3.64. The highest BCUT2D eigenvalue weighted by Crippen LogP contribution is 2.51. The maximum Gasteiger partial charge on any atom is 0.409 e. The maximum absolute atomic E-state index is 12.4. The van der Waals surface area contributed by atoms with Crippen molar-refractivity contribution in [2.24, 2.45) is 5.41 Å². The Labute approximate surface area is 129 Å². The molecule has 1 heterocycles. The first-order chi connectivity index (χ1) is 9.96. The number of Topliss-reactive ketones (excluding diaryl/α,β-unsaturated/α-hetero) is 1. The van der Waals surface area contributed by atoms with Crippen molar-refractivity contribution in [2.45, 2.75) is 26.2 Å². The van der Waals surface area contributed by atoms with Gasteiger partial charge in [-0.1, -0.05) is 30.7 Å². The van der Waals surface area contributed by atoms with Crippen LogP contribution in [0, 0.1) is 5.41 Å². The Morgan fingerprint density at radius 2 is 2.29 bits per heavy atom. The third-order valence-corrected chi connectivity index (χ3v) is 4.90. The molecule has 0 bridgehead atoms. The van der Waals surface area contributed by atoms with Crippen LogP contribution in [-0.4, -0.2) is 36.5 Å². The molecule has 5 heteroatoms. The van der Waals surface area contributed by atoms with Gasteiger partial charge in [0.15, 0.2) is 5.78 Å². The molecule has 0 aromatic heterocycles. The van der Waals surface area contributed by atoms with Gasteiger partial charge in [-0.2, -0.15) is 0 Å². The molecular weight excluding hydrogens is 290 g/mol. The molecule has 4 nitrogen and oxygen atoms in total. The number of hydrogen-bond donors (Lipinski definition) is 0. The smallest absolute Gasteiger partial charge is 0.409 e. The third kappa shape index (κ3) is 2.22. The standard InChI is InChI=1S/C16H18ClNO3/c1-3-21-15(20)18-8-11-10-5-4-6-12(17)14(10)13(19)7-16(11,2)9-18/h4-6,11H,3,7-9H2,1-2H3. The number of ketones is 1. The third-order valence-electron chi connectivity index (χ3n) is 4.59. The monoisotopic (exact) mass is 307 g/mol. The number of likely N-dealkylation sites (tertiary alicyclic amines) is 1. The topological polar surface area (TPSA) is 46.6 Å². The van der Waals surface area contributed by atoms with Gasteiger partial charge in [-0.25, -0.2) is 4.79 Å². The van der Waals surface area contributed by atoms with Crippen molar-refractivity contribution in [3.63, 3.8) is 0 Å². The summed E-state index contributed by atoms with van der Waals surface area (Å²) >= 11 is 6.20. The fourth-order valence-corrected chi connectivity index (χ4v) is 3.93. The molecule has 21 heavy (non-hydrogen) atoms. The molecule has 2 unspecified atom stereocenters. The van der Waals surface area contributed by atoms with Crippen LogP contribution in [-0.2, 0) is 4.74 Å². The van der Waals surface area contributed by atoms with E-state index in [2.05, 4.69) is 6.92 Å². The Kier molecular flexibility index (Phi) is 3.44. The van der Waals surface area contributed by atoms with E-state index >= 15 is 0 Å². The van der Waals surface area contributed by atoms with Crippen molar-refractivity contribution in [2.75, 3.05) is 19.7 Å². The van der Waals surface area contributed by atoms with E-state index in [0.29, 0.717) is 36.7 Å². The van der Waals surface area contributed by atoms with Crippen LogP contribution in [0.4, 0.5) is 4.79 Å². The molecule has 0 radical (unpaired) electrons. The number of halogens is 1.